The topological polar surface area (TPSA) is 3.24 Å². The molecule has 1 unspecified atom stereocenters. The predicted molar refractivity (Wildman–Crippen MR) is 198 cm³/mol. The van der Waals surface area contributed by atoms with Crippen LogP contribution in [0.25, 0.3) is 22.3 Å². The Balaban J connectivity index is 0.000000153. The summed E-state index contributed by atoms with van der Waals surface area (Å²) in [4.78, 5) is 2.39. The number of allylic oxidation sites excluding steroid dienone is 4. The molecule has 0 N–H and O–H groups in total. The van der Waals surface area contributed by atoms with E-state index in [9.17, 15) is 13.2 Å². The van der Waals surface area contributed by atoms with Crippen LogP contribution in [0.15, 0.2) is 151 Å². The number of anilines is 2. The van der Waals surface area contributed by atoms with E-state index in [2.05, 4.69) is 97.6 Å². The van der Waals surface area contributed by atoms with Crippen LogP contribution < -0.4 is 4.90 Å². The van der Waals surface area contributed by atoms with Gasteiger partial charge in [0.15, 0.2) is 0 Å². The Bertz CT molecular complexity index is 2120. The van der Waals surface area contributed by atoms with Crippen LogP contribution in [0.2, 0.25) is 0 Å². The van der Waals surface area contributed by atoms with Gasteiger partial charge in [-0.05, 0) is 131 Å². The van der Waals surface area contributed by atoms with E-state index in [0.717, 1.165) is 56.5 Å². The lowest BCUT2D eigenvalue weighted by atomic mass is 9.70. The third-order valence-electron chi connectivity index (χ3n) is 10.3. The molecule has 0 saturated heterocycles. The Labute approximate surface area is 291 Å². The molecular weight excluding hydrogens is 624 g/mol. The molecule has 0 saturated carbocycles. The molecule has 0 amide bonds. The molecule has 9 rings (SSSR count). The Hall–Kier alpha value is -5.61. The number of nitrogens with zero attached hydrogens (tertiary/aromatic N) is 1. The van der Waals surface area contributed by atoms with Crippen molar-refractivity contribution in [2.75, 3.05) is 4.90 Å². The van der Waals surface area contributed by atoms with E-state index in [4.69, 9.17) is 0 Å². The molecule has 4 heteroatoms. The summed E-state index contributed by atoms with van der Waals surface area (Å²) in [7, 11) is 0. The van der Waals surface area contributed by atoms with Crippen LogP contribution >= 0.6 is 0 Å². The maximum Gasteiger partial charge on any atom is 0.123 e. The van der Waals surface area contributed by atoms with E-state index in [1.165, 1.54) is 59.0 Å². The van der Waals surface area contributed by atoms with Crippen LogP contribution in [-0.4, -0.2) is 0 Å². The summed E-state index contributed by atoms with van der Waals surface area (Å²) in [5.41, 5.74) is 11.9. The maximum atomic E-state index is 14.5. The standard InChI is InChI=1S/C26H15F3.C20H21N/c1-14-2-6-18-19-7-3-15(27)11-23(19)26(22(18)10-14)24-12-16(28)4-8-20(24)21-9-5-17(29)13-25(21)26;1-16-10-6-8-14-19(16)21(18-12-4-3-5-13-18)20-15-9-7-11-17(20)2/h2-13H,1H3;3-10,12-15,17H,11H2,1-2H3. The third-order valence-corrected chi connectivity index (χ3v) is 10.3. The summed E-state index contributed by atoms with van der Waals surface area (Å²) in [5.74, 6) is -0.573. The molecule has 0 aromatic heterocycles. The van der Waals surface area contributed by atoms with Crippen molar-refractivity contribution < 1.29 is 13.2 Å². The number of hydrogen-bond acceptors (Lipinski definition) is 1. The van der Waals surface area contributed by atoms with Gasteiger partial charge in [-0.3, -0.25) is 0 Å². The second-order valence-corrected chi connectivity index (χ2v) is 13.5. The van der Waals surface area contributed by atoms with Crippen molar-refractivity contribution in [1.29, 1.82) is 0 Å². The largest absolute Gasteiger partial charge is 0.314 e. The molecule has 0 aliphatic heterocycles. The van der Waals surface area contributed by atoms with Crippen LogP contribution in [0.3, 0.4) is 0 Å². The average Bonchev–Trinajstić information content (AvgIpc) is 3.56. The van der Waals surface area contributed by atoms with E-state index in [1.54, 1.807) is 18.2 Å². The van der Waals surface area contributed by atoms with Crippen molar-refractivity contribution in [1.82, 2.24) is 0 Å². The smallest absolute Gasteiger partial charge is 0.123 e. The molecule has 0 fully saturated rings. The molecule has 3 aliphatic carbocycles. The van der Waals surface area contributed by atoms with Crippen LogP contribution in [0.5, 0.6) is 0 Å². The highest BCUT2D eigenvalue weighted by atomic mass is 19.1. The molecule has 6 aromatic rings. The molecule has 50 heavy (non-hydrogen) atoms. The molecular formula is C46H36F3N. The van der Waals surface area contributed by atoms with Crippen molar-refractivity contribution >= 4 is 11.4 Å². The lowest BCUT2D eigenvalue weighted by Gasteiger charge is -2.33. The predicted octanol–water partition coefficient (Wildman–Crippen LogP) is 12.4. The van der Waals surface area contributed by atoms with Gasteiger partial charge in [-0.1, -0.05) is 97.4 Å². The molecule has 1 atom stereocenters. The van der Waals surface area contributed by atoms with Gasteiger partial charge in [-0.15, -0.1) is 0 Å². The van der Waals surface area contributed by atoms with Crippen LogP contribution in [0.1, 0.15) is 46.7 Å². The normalized spacial score (nSPS) is 15.7. The van der Waals surface area contributed by atoms with E-state index in [1.807, 2.05) is 19.1 Å². The van der Waals surface area contributed by atoms with Gasteiger partial charge in [0, 0.05) is 23.0 Å². The second kappa shape index (κ2) is 12.4. The number of benzene rings is 6. The molecule has 0 radical (unpaired) electrons. The van der Waals surface area contributed by atoms with Gasteiger partial charge in [0.25, 0.3) is 0 Å². The number of para-hydroxylation sites is 2. The van der Waals surface area contributed by atoms with E-state index in [0.29, 0.717) is 5.92 Å². The minimum atomic E-state index is -0.937. The van der Waals surface area contributed by atoms with Crippen molar-refractivity contribution in [2.24, 2.45) is 5.92 Å². The highest BCUT2D eigenvalue weighted by molar-refractivity contribution is 5.95. The first-order valence-corrected chi connectivity index (χ1v) is 17.1. The first-order valence-electron chi connectivity index (χ1n) is 17.1. The maximum absolute atomic E-state index is 14.5. The van der Waals surface area contributed by atoms with Crippen molar-refractivity contribution in [3.05, 3.63) is 202 Å². The summed E-state index contributed by atoms with van der Waals surface area (Å²) in [5, 5.41) is 0. The summed E-state index contributed by atoms with van der Waals surface area (Å²) in [6, 6.07) is 39.4. The second-order valence-electron chi connectivity index (χ2n) is 13.5. The van der Waals surface area contributed by atoms with Crippen molar-refractivity contribution in [3.63, 3.8) is 0 Å². The van der Waals surface area contributed by atoms with Gasteiger partial charge in [-0.25, -0.2) is 13.2 Å². The Morgan fingerprint density at radius 2 is 1.08 bits per heavy atom. The van der Waals surface area contributed by atoms with Gasteiger partial charge < -0.3 is 4.90 Å². The van der Waals surface area contributed by atoms with Gasteiger partial charge in [0.1, 0.15) is 17.5 Å². The van der Waals surface area contributed by atoms with E-state index in [-0.39, 0.29) is 17.5 Å². The molecule has 246 valence electrons. The lowest BCUT2D eigenvalue weighted by molar-refractivity contribution is 0.613. The van der Waals surface area contributed by atoms with Gasteiger partial charge in [0.2, 0.25) is 0 Å². The molecule has 0 bridgehead atoms. The zero-order chi connectivity index (χ0) is 34.6. The number of aryl methyl sites for hydroxylation is 2. The van der Waals surface area contributed by atoms with Gasteiger partial charge >= 0.3 is 0 Å². The Kier molecular flexibility index (Phi) is 7.83. The first-order chi connectivity index (χ1) is 24.3. The van der Waals surface area contributed by atoms with E-state index < -0.39 is 5.41 Å². The quantitative estimate of drug-likeness (QED) is 0.182. The zero-order valence-corrected chi connectivity index (χ0v) is 28.2. The molecule has 1 nitrogen and oxygen atoms in total. The fraction of sp³-hybridized carbons (Fsp3) is 0.130. The highest BCUT2D eigenvalue weighted by Crippen LogP contribution is 2.63. The minimum Gasteiger partial charge on any atom is -0.314 e. The fourth-order valence-corrected chi connectivity index (χ4v) is 8.11. The number of hydrogen-bond donors (Lipinski definition) is 0. The molecule has 1 spiro atoms. The van der Waals surface area contributed by atoms with Crippen molar-refractivity contribution in [3.8, 4) is 22.3 Å². The molecule has 6 aromatic carbocycles. The minimum absolute atomic E-state index is 0.365. The molecule has 0 heterocycles. The van der Waals surface area contributed by atoms with Crippen molar-refractivity contribution in [2.45, 2.75) is 32.6 Å². The van der Waals surface area contributed by atoms with Gasteiger partial charge in [0.05, 0.1) is 5.41 Å². The average molecular weight is 660 g/mol. The first kappa shape index (κ1) is 31.6. The molecule has 3 aliphatic rings. The van der Waals surface area contributed by atoms with Crippen LogP contribution in [-0.2, 0) is 5.41 Å². The highest BCUT2D eigenvalue weighted by Gasteiger charge is 2.52. The Morgan fingerprint density at radius 1 is 0.580 bits per heavy atom. The third kappa shape index (κ3) is 5.01. The summed E-state index contributed by atoms with van der Waals surface area (Å²) in [6.45, 7) is 6.46. The summed E-state index contributed by atoms with van der Waals surface area (Å²) >= 11 is 0. The SMILES string of the molecule is Cc1ccc2c(c1)C1(c3cc(F)ccc3-2)c2cc(F)ccc2-c2ccc(F)cc21.Cc1ccccc1N(C1=CC=CCC1C)c1ccccc1. The Morgan fingerprint density at radius 3 is 1.62 bits per heavy atom. The van der Waals surface area contributed by atoms with Crippen LogP contribution in [0.4, 0.5) is 24.5 Å². The number of rotatable bonds is 3. The number of halogens is 3. The van der Waals surface area contributed by atoms with E-state index >= 15 is 0 Å². The fourth-order valence-electron chi connectivity index (χ4n) is 8.11. The summed E-state index contributed by atoms with van der Waals surface area (Å²) < 4.78 is 43.4. The zero-order valence-electron chi connectivity index (χ0n) is 28.2. The number of fused-ring (bicyclic) bond motifs is 10. The van der Waals surface area contributed by atoms with Gasteiger partial charge in [-0.2, -0.15) is 0 Å². The monoisotopic (exact) mass is 659 g/mol. The lowest BCUT2D eigenvalue weighted by Crippen LogP contribution is -2.26. The van der Waals surface area contributed by atoms with Crippen LogP contribution in [0, 0.1) is 37.2 Å². The summed E-state index contributed by atoms with van der Waals surface area (Å²) in [6.07, 6.45) is 7.76.